The summed E-state index contributed by atoms with van der Waals surface area (Å²) in [7, 11) is 2.14. The molecule has 0 bridgehead atoms. The van der Waals surface area contributed by atoms with Crippen LogP contribution >= 0.6 is 0 Å². The van der Waals surface area contributed by atoms with E-state index >= 15 is 0 Å². The third kappa shape index (κ3) is 2.36. The van der Waals surface area contributed by atoms with E-state index in [9.17, 15) is 0 Å². The highest BCUT2D eigenvalue weighted by Crippen LogP contribution is 2.32. The fourth-order valence-electron chi connectivity index (χ4n) is 2.01. The van der Waals surface area contributed by atoms with Gasteiger partial charge in [0.1, 0.15) is 6.61 Å². The molecular weight excluding hydrogens is 202 g/mol. The molecule has 1 heterocycles. The van der Waals surface area contributed by atoms with E-state index in [4.69, 9.17) is 9.78 Å². The van der Waals surface area contributed by atoms with Crippen molar-refractivity contribution in [1.29, 1.82) is 0 Å². The first-order valence-corrected chi connectivity index (χ1v) is 5.91. The zero-order chi connectivity index (χ0) is 11.4. The van der Waals surface area contributed by atoms with Crippen LogP contribution in [0.3, 0.4) is 0 Å². The van der Waals surface area contributed by atoms with Gasteiger partial charge in [0.2, 0.25) is 0 Å². The second-order valence-electron chi connectivity index (χ2n) is 4.26. The highest BCUT2D eigenvalue weighted by atomic mass is 17.2. The van der Waals surface area contributed by atoms with Crippen molar-refractivity contribution in [3.05, 3.63) is 29.8 Å². The van der Waals surface area contributed by atoms with Crippen molar-refractivity contribution >= 4 is 0 Å². The minimum absolute atomic E-state index is 0.316. The van der Waals surface area contributed by atoms with Gasteiger partial charge >= 0.3 is 0 Å². The molecule has 0 fully saturated rings. The number of hydrogen-bond acceptors (Lipinski definition) is 3. The van der Waals surface area contributed by atoms with Crippen molar-refractivity contribution in [3.8, 4) is 5.75 Å². The van der Waals surface area contributed by atoms with Gasteiger partial charge in [-0.15, -0.1) is 0 Å². The largest absolute Gasteiger partial charge is 0.337 e. The summed E-state index contributed by atoms with van der Waals surface area (Å²) in [4.78, 5) is 12.7. The number of nitrogens with zero attached hydrogens (tertiary/aromatic N) is 1. The molecule has 1 aliphatic heterocycles. The summed E-state index contributed by atoms with van der Waals surface area (Å²) in [5, 5.41) is 0. The quantitative estimate of drug-likeness (QED) is 0.730. The molecule has 3 heteroatoms. The van der Waals surface area contributed by atoms with Crippen LogP contribution in [0, 0.1) is 0 Å². The lowest BCUT2D eigenvalue weighted by atomic mass is 10.0. The Bertz CT molecular complexity index is 340. The van der Waals surface area contributed by atoms with Gasteiger partial charge in [0, 0.05) is 5.56 Å². The number of benzene rings is 1. The average Bonchev–Trinajstić information content (AvgIpc) is 2.35. The number of hydrogen-bond donors (Lipinski definition) is 0. The van der Waals surface area contributed by atoms with Crippen LogP contribution in [-0.2, 0) is 4.89 Å². The monoisotopic (exact) mass is 221 g/mol. The van der Waals surface area contributed by atoms with Crippen molar-refractivity contribution in [2.45, 2.75) is 25.8 Å². The molecule has 0 amide bonds. The van der Waals surface area contributed by atoms with Crippen molar-refractivity contribution in [1.82, 2.24) is 4.90 Å². The molecule has 1 unspecified atom stereocenters. The fourth-order valence-corrected chi connectivity index (χ4v) is 2.01. The third-order valence-electron chi connectivity index (χ3n) is 3.05. The van der Waals surface area contributed by atoms with E-state index in [0.29, 0.717) is 12.6 Å². The highest BCUT2D eigenvalue weighted by molar-refractivity contribution is 5.36. The van der Waals surface area contributed by atoms with Crippen LogP contribution in [0.15, 0.2) is 24.3 Å². The molecular formula is C13H19NO2. The molecule has 0 saturated carbocycles. The van der Waals surface area contributed by atoms with E-state index in [2.05, 4.69) is 24.9 Å². The maximum atomic E-state index is 5.18. The fraction of sp³-hybridized carbons (Fsp3) is 0.538. The Hall–Kier alpha value is -1.06. The van der Waals surface area contributed by atoms with Crippen LogP contribution in [0.1, 0.15) is 31.4 Å². The average molecular weight is 221 g/mol. The second kappa shape index (κ2) is 5.32. The van der Waals surface area contributed by atoms with E-state index in [-0.39, 0.29) is 0 Å². The molecule has 1 aromatic rings. The number of para-hydroxylation sites is 1. The Labute approximate surface area is 96.9 Å². The maximum absolute atomic E-state index is 5.18. The maximum Gasteiger partial charge on any atom is 0.170 e. The lowest BCUT2D eigenvalue weighted by molar-refractivity contribution is -0.230. The predicted molar refractivity (Wildman–Crippen MR) is 63.3 cm³/mol. The Morgan fingerprint density at radius 2 is 2.19 bits per heavy atom. The van der Waals surface area contributed by atoms with Gasteiger partial charge in [-0.25, -0.2) is 0 Å². The zero-order valence-electron chi connectivity index (χ0n) is 9.98. The van der Waals surface area contributed by atoms with Gasteiger partial charge in [0.05, 0.1) is 6.04 Å². The van der Waals surface area contributed by atoms with Gasteiger partial charge in [0.15, 0.2) is 5.75 Å². The van der Waals surface area contributed by atoms with E-state index in [1.807, 2.05) is 18.2 Å². The van der Waals surface area contributed by atoms with Crippen LogP contribution in [-0.4, -0.2) is 25.1 Å². The molecule has 2 rings (SSSR count). The van der Waals surface area contributed by atoms with Crippen molar-refractivity contribution in [3.63, 3.8) is 0 Å². The molecule has 1 aromatic carbocycles. The predicted octanol–water partition coefficient (Wildman–Crippen LogP) is 2.78. The summed E-state index contributed by atoms with van der Waals surface area (Å²) < 4.78 is 0. The smallest absolute Gasteiger partial charge is 0.170 e. The zero-order valence-corrected chi connectivity index (χ0v) is 9.98. The van der Waals surface area contributed by atoms with Crippen LogP contribution in [0.25, 0.3) is 0 Å². The molecule has 0 saturated heterocycles. The summed E-state index contributed by atoms with van der Waals surface area (Å²) in [5.74, 6) is 0.849. The van der Waals surface area contributed by atoms with Crippen molar-refractivity contribution < 1.29 is 9.78 Å². The minimum atomic E-state index is 0.316. The van der Waals surface area contributed by atoms with Gasteiger partial charge < -0.3 is 4.89 Å². The Morgan fingerprint density at radius 3 is 3.00 bits per heavy atom. The highest BCUT2D eigenvalue weighted by Gasteiger charge is 2.25. The molecule has 0 aromatic heterocycles. The second-order valence-corrected chi connectivity index (χ2v) is 4.26. The first kappa shape index (κ1) is 11.4. The number of fused-ring (bicyclic) bond motifs is 1. The van der Waals surface area contributed by atoms with Crippen LogP contribution in [0.5, 0.6) is 5.75 Å². The molecule has 16 heavy (non-hydrogen) atoms. The van der Waals surface area contributed by atoms with Crippen LogP contribution in [0.2, 0.25) is 0 Å². The standard InChI is InChI=1S/C13H19NO2/c1-3-4-9-14(2)12-10-15-16-13-8-6-5-7-11(12)13/h5-8,12H,3-4,9-10H2,1-2H3. The molecule has 0 N–H and O–H groups in total. The number of likely N-dealkylation sites (N-methyl/N-ethyl adjacent to an activating group) is 1. The van der Waals surface area contributed by atoms with E-state index in [1.165, 1.54) is 18.4 Å². The van der Waals surface area contributed by atoms with Gasteiger partial charge in [-0.3, -0.25) is 4.90 Å². The molecule has 0 radical (unpaired) electrons. The lowest BCUT2D eigenvalue weighted by Crippen LogP contribution is -2.32. The Balaban J connectivity index is 2.12. The molecule has 0 aliphatic carbocycles. The molecule has 88 valence electrons. The first-order valence-electron chi connectivity index (χ1n) is 5.91. The van der Waals surface area contributed by atoms with Crippen LogP contribution in [0.4, 0.5) is 0 Å². The third-order valence-corrected chi connectivity index (χ3v) is 3.05. The van der Waals surface area contributed by atoms with Gasteiger partial charge in [-0.1, -0.05) is 31.5 Å². The van der Waals surface area contributed by atoms with E-state index in [0.717, 1.165) is 12.3 Å². The summed E-state index contributed by atoms with van der Waals surface area (Å²) in [6.07, 6.45) is 2.44. The number of unbranched alkanes of at least 4 members (excludes halogenated alkanes) is 1. The molecule has 1 atom stereocenters. The SMILES string of the molecule is CCCCN(C)C1COOc2ccccc21. The minimum Gasteiger partial charge on any atom is -0.337 e. The number of rotatable bonds is 4. The summed E-state index contributed by atoms with van der Waals surface area (Å²) in [5.41, 5.74) is 1.23. The van der Waals surface area contributed by atoms with E-state index in [1.54, 1.807) is 0 Å². The topological polar surface area (TPSA) is 21.7 Å². The van der Waals surface area contributed by atoms with Gasteiger partial charge in [-0.2, -0.15) is 4.89 Å². The Morgan fingerprint density at radius 1 is 1.38 bits per heavy atom. The summed E-state index contributed by atoms with van der Waals surface area (Å²) in [6, 6.07) is 8.40. The van der Waals surface area contributed by atoms with Crippen molar-refractivity contribution in [2.75, 3.05) is 20.2 Å². The summed E-state index contributed by atoms with van der Waals surface area (Å²) in [6.45, 7) is 3.92. The summed E-state index contributed by atoms with van der Waals surface area (Å²) >= 11 is 0. The Kier molecular flexibility index (Phi) is 3.80. The van der Waals surface area contributed by atoms with Gasteiger partial charge in [-0.05, 0) is 26.1 Å². The van der Waals surface area contributed by atoms with Crippen LogP contribution < -0.4 is 4.89 Å². The van der Waals surface area contributed by atoms with Gasteiger partial charge in [0.25, 0.3) is 0 Å². The van der Waals surface area contributed by atoms with E-state index < -0.39 is 0 Å². The normalized spacial score (nSPS) is 19.3. The lowest BCUT2D eigenvalue weighted by Gasteiger charge is -2.31. The first-order chi connectivity index (χ1) is 7.83. The molecule has 0 spiro atoms. The molecule has 1 aliphatic rings. The molecule has 3 nitrogen and oxygen atoms in total. The van der Waals surface area contributed by atoms with Crippen molar-refractivity contribution in [2.24, 2.45) is 0 Å².